The molecule has 5 heteroatoms. The van der Waals surface area contributed by atoms with Crippen molar-refractivity contribution in [3.8, 4) is 5.75 Å². The molecule has 110 valence electrons. The minimum atomic E-state index is -0.121. The molecule has 0 unspecified atom stereocenters. The van der Waals surface area contributed by atoms with Gasteiger partial charge in [-0.3, -0.25) is 4.79 Å². The lowest BCUT2D eigenvalue weighted by Crippen LogP contribution is -2.07. The summed E-state index contributed by atoms with van der Waals surface area (Å²) in [6.07, 6.45) is 0. The molecule has 0 radical (unpaired) electrons. The number of methoxy groups -OCH3 is 1. The lowest BCUT2D eigenvalue weighted by molar-refractivity contribution is -0.114. The molecule has 2 N–H and O–H groups in total. The molecule has 0 spiro atoms. The Balaban J connectivity index is 2.06. The third-order valence-electron chi connectivity index (χ3n) is 2.92. The molecule has 2 rings (SSSR count). The summed E-state index contributed by atoms with van der Waals surface area (Å²) in [5.41, 5.74) is 2.78. The number of ether oxygens (including phenoxy) is 1. The van der Waals surface area contributed by atoms with E-state index in [-0.39, 0.29) is 5.91 Å². The number of carbonyl (C=O) groups is 1. The maximum Gasteiger partial charge on any atom is 0.221 e. The summed E-state index contributed by atoms with van der Waals surface area (Å²) in [6, 6.07) is 13.7. The summed E-state index contributed by atoms with van der Waals surface area (Å²) < 4.78 is 6.36. The minimum Gasteiger partial charge on any atom is -0.494 e. The van der Waals surface area contributed by atoms with Crippen LogP contribution in [0.25, 0.3) is 0 Å². The van der Waals surface area contributed by atoms with E-state index >= 15 is 0 Å². The predicted octanol–water partition coefficient (Wildman–Crippen LogP) is 4.03. The van der Waals surface area contributed by atoms with Gasteiger partial charge in [-0.05, 0) is 29.8 Å². The number of rotatable bonds is 5. The fourth-order valence-corrected chi connectivity index (χ4v) is 2.16. The largest absolute Gasteiger partial charge is 0.494 e. The molecule has 0 heterocycles. The second-order valence-corrected chi connectivity index (χ2v) is 5.49. The second-order valence-electron chi connectivity index (χ2n) is 4.58. The zero-order valence-corrected chi connectivity index (χ0v) is 13.5. The lowest BCUT2D eigenvalue weighted by Gasteiger charge is -2.12. The second kappa shape index (κ2) is 7.13. The van der Waals surface area contributed by atoms with Crippen LogP contribution < -0.4 is 15.4 Å². The van der Waals surface area contributed by atoms with E-state index in [0.29, 0.717) is 11.4 Å². The van der Waals surface area contributed by atoms with Crippen molar-refractivity contribution >= 4 is 33.2 Å². The van der Waals surface area contributed by atoms with E-state index in [1.165, 1.54) is 12.5 Å². The number of anilines is 2. The zero-order chi connectivity index (χ0) is 15.2. The number of benzene rings is 2. The van der Waals surface area contributed by atoms with Crippen molar-refractivity contribution in [1.29, 1.82) is 0 Å². The van der Waals surface area contributed by atoms with Gasteiger partial charge in [-0.25, -0.2) is 0 Å². The molecule has 4 nitrogen and oxygen atoms in total. The Kier molecular flexibility index (Phi) is 5.22. The van der Waals surface area contributed by atoms with Crippen LogP contribution in [0.15, 0.2) is 46.9 Å². The fraction of sp³-hybridized carbons (Fsp3) is 0.188. The Morgan fingerprint density at radius 1 is 1.19 bits per heavy atom. The molecule has 0 aromatic heterocycles. The Labute approximate surface area is 132 Å². The van der Waals surface area contributed by atoms with E-state index in [1.807, 2.05) is 30.3 Å². The number of carbonyl (C=O) groups excluding carboxylic acids is 1. The molecule has 0 bridgehead atoms. The van der Waals surface area contributed by atoms with Crippen LogP contribution in [0.2, 0.25) is 0 Å². The summed E-state index contributed by atoms with van der Waals surface area (Å²) >= 11 is 3.42. The van der Waals surface area contributed by atoms with Crippen molar-refractivity contribution in [1.82, 2.24) is 0 Å². The number of hydrogen-bond donors (Lipinski definition) is 2. The maximum absolute atomic E-state index is 11.1. The molecule has 0 aliphatic rings. The molecular weight excluding hydrogens is 332 g/mol. The molecule has 21 heavy (non-hydrogen) atoms. The van der Waals surface area contributed by atoms with Gasteiger partial charge in [0.2, 0.25) is 5.91 Å². The Morgan fingerprint density at radius 2 is 1.90 bits per heavy atom. The number of halogens is 1. The molecule has 2 aromatic rings. The molecule has 0 saturated carbocycles. The van der Waals surface area contributed by atoms with Gasteiger partial charge in [0.05, 0.1) is 12.8 Å². The van der Waals surface area contributed by atoms with Gasteiger partial charge in [0, 0.05) is 29.7 Å². The summed E-state index contributed by atoms with van der Waals surface area (Å²) in [5.74, 6) is 0.509. The van der Waals surface area contributed by atoms with Crippen LogP contribution in [-0.2, 0) is 11.3 Å². The van der Waals surface area contributed by atoms with Crippen LogP contribution in [0.1, 0.15) is 12.5 Å². The minimum absolute atomic E-state index is 0.121. The molecule has 0 aliphatic carbocycles. The van der Waals surface area contributed by atoms with Crippen molar-refractivity contribution in [2.24, 2.45) is 0 Å². The average Bonchev–Trinajstić information content (AvgIpc) is 2.47. The van der Waals surface area contributed by atoms with Gasteiger partial charge >= 0.3 is 0 Å². The summed E-state index contributed by atoms with van der Waals surface area (Å²) in [4.78, 5) is 11.1. The van der Waals surface area contributed by atoms with Gasteiger partial charge in [0.1, 0.15) is 5.75 Å². The first-order valence-corrected chi connectivity index (χ1v) is 7.31. The quantitative estimate of drug-likeness (QED) is 0.857. The Hall–Kier alpha value is -2.01. The topological polar surface area (TPSA) is 50.4 Å². The first-order valence-electron chi connectivity index (χ1n) is 6.52. The van der Waals surface area contributed by atoms with E-state index in [2.05, 4.69) is 38.7 Å². The summed E-state index contributed by atoms with van der Waals surface area (Å²) in [5, 5.41) is 6.06. The van der Waals surface area contributed by atoms with Gasteiger partial charge < -0.3 is 15.4 Å². The number of hydrogen-bond acceptors (Lipinski definition) is 3. The molecule has 0 fully saturated rings. The highest BCUT2D eigenvalue weighted by Gasteiger charge is 2.05. The van der Waals surface area contributed by atoms with E-state index in [9.17, 15) is 4.79 Å². The van der Waals surface area contributed by atoms with Gasteiger partial charge in [-0.2, -0.15) is 0 Å². The number of amides is 1. The average molecular weight is 349 g/mol. The molecule has 0 saturated heterocycles. The highest BCUT2D eigenvalue weighted by molar-refractivity contribution is 9.10. The maximum atomic E-state index is 11.1. The third kappa shape index (κ3) is 4.49. The SMILES string of the molecule is COc1cc(NCc2ccc(Br)cc2)ccc1NC(C)=O. The smallest absolute Gasteiger partial charge is 0.221 e. The van der Waals surface area contributed by atoms with Crippen LogP contribution in [0.5, 0.6) is 5.75 Å². The van der Waals surface area contributed by atoms with Gasteiger partial charge in [-0.15, -0.1) is 0 Å². The van der Waals surface area contributed by atoms with Crippen molar-refractivity contribution in [2.75, 3.05) is 17.7 Å². The Bertz CT molecular complexity index is 627. The molecule has 0 aliphatic heterocycles. The van der Waals surface area contributed by atoms with Crippen molar-refractivity contribution in [3.05, 3.63) is 52.5 Å². The molecule has 2 aromatic carbocycles. The predicted molar refractivity (Wildman–Crippen MR) is 88.8 cm³/mol. The van der Waals surface area contributed by atoms with Crippen LogP contribution in [0, 0.1) is 0 Å². The van der Waals surface area contributed by atoms with Gasteiger partial charge in [-0.1, -0.05) is 28.1 Å². The third-order valence-corrected chi connectivity index (χ3v) is 3.45. The highest BCUT2D eigenvalue weighted by atomic mass is 79.9. The summed E-state index contributed by atoms with van der Waals surface area (Å²) in [6.45, 7) is 2.19. The zero-order valence-electron chi connectivity index (χ0n) is 11.9. The monoisotopic (exact) mass is 348 g/mol. The van der Waals surface area contributed by atoms with Gasteiger partial charge in [0.15, 0.2) is 0 Å². The van der Waals surface area contributed by atoms with Crippen LogP contribution in [-0.4, -0.2) is 13.0 Å². The Morgan fingerprint density at radius 3 is 2.52 bits per heavy atom. The standard InChI is InChI=1S/C16H17BrN2O2/c1-11(20)19-15-8-7-14(9-16(15)21-2)18-10-12-3-5-13(17)6-4-12/h3-9,18H,10H2,1-2H3,(H,19,20). The molecule has 0 atom stereocenters. The van der Waals surface area contributed by atoms with Crippen molar-refractivity contribution in [2.45, 2.75) is 13.5 Å². The van der Waals surface area contributed by atoms with E-state index in [0.717, 1.165) is 16.7 Å². The first-order chi connectivity index (χ1) is 10.1. The molecule has 1 amide bonds. The molecular formula is C16H17BrN2O2. The van der Waals surface area contributed by atoms with Crippen LogP contribution >= 0.6 is 15.9 Å². The van der Waals surface area contributed by atoms with Crippen molar-refractivity contribution < 1.29 is 9.53 Å². The lowest BCUT2D eigenvalue weighted by atomic mass is 10.2. The fourth-order valence-electron chi connectivity index (χ4n) is 1.90. The highest BCUT2D eigenvalue weighted by Crippen LogP contribution is 2.28. The van der Waals surface area contributed by atoms with E-state index in [1.54, 1.807) is 7.11 Å². The van der Waals surface area contributed by atoms with Gasteiger partial charge in [0.25, 0.3) is 0 Å². The number of nitrogens with one attached hydrogen (secondary N) is 2. The van der Waals surface area contributed by atoms with Crippen LogP contribution in [0.4, 0.5) is 11.4 Å². The van der Waals surface area contributed by atoms with Crippen LogP contribution in [0.3, 0.4) is 0 Å². The van der Waals surface area contributed by atoms with E-state index in [4.69, 9.17) is 4.74 Å². The van der Waals surface area contributed by atoms with E-state index < -0.39 is 0 Å². The first kappa shape index (κ1) is 15.4. The van der Waals surface area contributed by atoms with Crippen molar-refractivity contribution in [3.63, 3.8) is 0 Å². The normalized spacial score (nSPS) is 10.0. The summed E-state index contributed by atoms with van der Waals surface area (Å²) in [7, 11) is 1.58.